The molecule has 182 valence electrons. The number of hydrogen-bond donors (Lipinski definition) is 1. The van der Waals surface area contributed by atoms with Crippen LogP contribution in [0.1, 0.15) is 17.5 Å². The summed E-state index contributed by atoms with van der Waals surface area (Å²) >= 11 is 12.3. The zero-order valence-electron chi connectivity index (χ0n) is 18.5. The van der Waals surface area contributed by atoms with Gasteiger partial charge in [0.1, 0.15) is 10.4 Å². The molecule has 2 fully saturated rings. The van der Waals surface area contributed by atoms with Gasteiger partial charge in [0.15, 0.2) is 0 Å². The van der Waals surface area contributed by atoms with Crippen LogP contribution in [-0.4, -0.2) is 54.9 Å². The number of nitrogens with zero attached hydrogens (tertiary/aromatic N) is 2. The quantitative estimate of drug-likeness (QED) is 0.291. The summed E-state index contributed by atoms with van der Waals surface area (Å²) in [5.41, 5.74) is 2.14. The van der Waals surface area contributed by atoms with Crippen molar-refractivity contribution >= 4 is 80.6 Å². The van der Waals surface area contributed by atoms with Gasteiger partial charge in [0.25, 0.3) is 11.8 Å². The van der Waals surface area contributed by atoms with E-state index < -0.39 is 35.8 Å². The van der Waals surface area contributed by atoms with Gasteiger partial charge in [-0.3, -0.25) is 24.2 Å². The fourth-order valence-electron chi connectivity index (χ4n) is 4.41. The van der Waals surface area contributed by atoms with Crippen molar-refractivity contribution in [1.82, 2.24) is 14.8 Å². The van der Waals surface area contributed by atoms with Crippen LogP contribution in [-0.2, 0) is 25.6 Å². The molecule has 2 aromatic carbocycles. The van der Waals surface area contributed by atoms with Crippen LogP contribution in [0.2, 0.25) is 5.02 Å². The first-order valence-corrected chi connectivity index (χ1v) is 12.5. The van der Waals surface area contributed by atoms with Gasteiger partial charge in [-0.25, -0.2) is 0 Å². The summed E-state index contributed by atoms with van der Waals surface area (Å²) in [6.45, 7) is 0. The van der Waals surface area contributed by atoms with E-state index in [1.54, 1.807) is 36.5 Å². The SMILES string of the molecule is O=C([O-])C(Cc1c[nH]c2ccccc12)N1C(=O)CC(N2C(=O)C(=Cc3ccc(Cl)cc3)SC2=S)C1=O. The molecule has 0 saturated carbocycles. The number of amides is 3. The van der Waals surface area contributed by atoms with Crippen molar-refractivity contribution < 1.29 is 24.3 Å². The maximum absolute atomic E-state index is 13.3. The average molecular weight is 539 g/mol. The highest BCUT2D eigenvalue weighted by molar-refractivity contribution is 8.26. The number of carboxylic acids is 1. The Morgan fingerprint density at radius 2 is 1.92 bits per heavy atom. The molecule has 2 aliphatic rings. The molecule has 3 amide bonds. The predicted octanol–water partition coefficient (Wildman–Crippen LogP) is 2.51. The number of thioether (sulfide) groups is 1. The maximum Gasteiger partial charge on any atom is 0.266 e. The van der Waals surface area contributed by atoms with Crippen molar-refractivity contribution in [1.29, 1.82) is 0 Å². The molecule has 1 N–H and O–H groups in total. The molecule has 2 atom stereocenters. The number of benzene rings is 2. The first-order valence-electron chi connectivity index (χ1n) is 10.9. The number of hydrogen-bond acceptors (Lipinski definition) is 7. The van der Waals surface area contributed by atoms with Crippen molar-refractivity contribution in [2.45, 2.75) is 24.9 Å². The Kier molecular flexibility index (Phi) is 6.42. The number of halogens is 1. The summed E-state index contributed by atoms with van der Waals surface area (Å²) in [7, 11) is 0. The monoisotopic (exact) mass is 538 g/mol. The van der Waals surface area contributed by atoms with E-state index in [-0.39, 0.29) is 22.1 Å². The zero-order chi connectivity index (χ0) is 25.6. The minimum absolute atomic E-state index is 0.120. The Morgan fingerprint density at radius 1 is 1.19 bits per heavy atom. The Balaban J connectivity index is 1.40. The first kappa shape index (κ1) is 24.2. The van der Waals surface area contributed by atoms with Crippen LogP contribution in [0.3, 0.4) is 0 Å². The number of likely N-dealkylation sites (tertiary alicyclic amines) is 1. The minimum atomic E-state index is -1.56. The minimum Gasteiger partial charge on any atom is -0.548 e. The predicted molar refractivity (Wildman–Crippen MR) is 138 cm³/mol. The van der Waals surface area contributed by atoms with Crippen LogP contribution >= 0.6 is 35.6 Å². The van der Waals surface area contributed by atoms with E-state index in [1.807, 2.05) is 24.3 Å². The number of imide groups is 1. The van der Waals surface area contributed by atoms with Gasteiger partial charge in [-0.1, -0.05) is 65.9 Å². The van der Waals surface area contributed by atoms with Crippen molar-refractivity contribution in [2.24, 2.45) is 0 Å². The van der Waals surface area contributed by atoms with Crippen LogP contribution < -0.4 is 5.11 Å². The lowest BCUT2D eigenvalue weighted by atomic mass is 10.0. The summed E-state index contributed by atoms with van der Waals surface area (Å²) in [6, 6.07) is 11.4. The second-order valence-electron chi connectivity index (χ2n) is 8.32. The third-order valence-corrected chi connectivity index (χ3v) is 7.72. The normalized spacial score (nSPS) is 20.2. The molecule has 1 aromatic heterocycles. The molecule has 3 heterocycles. The number of carbonyl (C=O) groups excluding carboxylic acids is 4. The Hall–Kier alpha value is -3.47. The van der Waals surface area contributed by atoms with Crippen molar-refractivity contribution in [3.05, 3.63) is 75.8 Å². The topological polar surface area (TPSA) is 114 Å². The standard InChI is InChI=1S/C25H18ClN3O5S2/c26-15-7-5-13(6-8-15)9-20-23(32)29(25(35)36-20)18-11-21(30)28(22(18)31)19(24(33)34)10-14-12-27-17-4-2-1-3-16(14)17/h1-9,12,18-19,27H,10-11H2,(H,33,34)/p-1. The number of thiocarbonyl (C=S) groups is 1. The van der Waals surface area contributed by atoms with Gasteiger partial charge < -0.3 is 14.9 Å². The van der Waals surface area contributed by atoms with E-state index in [2.05, 4.69) is 4.98 Å². The second kappa shape index (κ2) is 9.53. The summed E-state index contributed by atoms with van der Waals surface area (Å²) in [5.74, 6) is -3.57. The van der Waals surface area contributed by atoms with E-state index in [0.717, 1.165) is 27.6 Å². The number of nitrogens with one attached hydrogen (secondary N) is 1. The third-order valence-electron chi connectivity index (χ3n) is 6.13. The van der Waals surface area contributed by atoms with Gasteiger partial charge in [0.2, 0.25) is 5.91 Å². The molecule has 0 aliphatic carbocycles. The molecular formula is C25H17ClN3O5S2-. The lowest BCUT2D eigenvalue weighted by Gasteiger charge is -2.28. The lowest BCUT2D eigenvalue weighted by Crippen LogP contribution is -2.53. The number of aliphatic carboxylic acids is 1. The van der Waals surface area contributed by atoms with E-state index in [4.69, 9.17) is 23.8 Å². The van der Waals surface area contributed by atoms with Gasteiger partial charge in [-0.2, -0.15) is 0 Å². The molecule has 2 aliphatic heterocycles. The van der Waals surface area contributed by atoms with Gasteiger partial charge >= 0.3 is 0 Å². The third kappa shape index (κ3) is 4.32. The fraction of sp³-hybridized carbons (Fsp3) is 0.160. The highest BCUT2D eigenvalue weighted by Crippen LogP contribution is 2.37. The molecule has 11 heteroatoms. The second-order valence-corrected chi connectivity index (χ2v) is 10.4. The van der Waals surface area contributed by atoms with Crippen LogP contribution in [0, 0.1) is 0 Å². The first-order chi connectivity index (χ1) is 17.2. The molecule has 36 heavy (non-hydrogen) atoms. The van der Waals surface area contributed by atoms with E-state index >= 15 is 0 Å². The molecular weight excluding hydrogens is 522 g/mol. The molecule has 8 nitrogen and oxygen atoms in total. The fourth-order valence-corrected chi connectivity index (χ4v) is 5.89. The van der Waals surface area contributed by atoms with Crippen LogP contribution in [0.5, 0.6) is 0 Å². The van der Waals surface area contributed by atoms with Crippen LogP contribution in [0.15, 0.2) is 59.6 Å². The molecule has 2 saturated heterocycles. The molecule has 3 aromatic rings. The number of carboxylic acid groups (broad SMARTS) is 1. The molecule has 5 rings (SSSR count). The Morgan fingerprint density at radius 3 is 2.64 bits per heavy atom. The lowest BCUT2D eigenvalue weighted by molar-refractivity contribution is -0.310. The van der Waals surface area contributed by atoms with Gasteiger partial charge in [0.05, 0.1) is 23.3 Å². The summed E-state index contributed by atoms with van der Waals surface area (Å²) in [5, 5.41) is 13.4. The molecule has 0 spiro atoms. The van der Waals surface area contributed by atoms with Crippen LogP contribution in [0.25, 0.3) is 17.0 Å². The number of carbonyl (C=O) groups is 4. The molecule has 0 radical (unpaired) electrons. The summed E-state index contributed by atoms with van der Waals surface area (Å²) in [6.07, 6.45) is 2.77. The highest BCUT2D eigenvalue weighted by atomic mass is 35.5. The van der Waals surface area contributed by atoms with Crippen molar-refractivity contribution in [3.63, 3.8) is 0 Å². The Bertz CT molecular complexity index is 1470. The van der Waals surface area contributed by atoms with E-state index in [1.165, 1.54) is 0 Å². The van der Waals surface area contributed by atoms with Crippen molar-refractivity contribution in [2.75, 3.05) is 0 Å². The largest absolute Gasteiger partial charge is 0.548 e. The Labute approximate surface area is 219 Å². The average Bonchev–Trinajstić information content (AvgIpc) is 3.47. The van der Waals surface area contributed by atoms with Crippen molar-refractivity contribution in [3.8, 4) is 0 Å². The van der Waals surface area contributed by atoms with Gasteiger partial charge in [-0.05, 0) is 35.4 Å². The number of aromatic nitrogens is 1. The zero-order valence-corrected chi connectivity index (χ0v) is 20.9. The number of fused-ring (bicyclic) bond motifs is 1. The number of rotatable bonds is 6. The van der Waals surface area contributed by atoms with Crippen LogP contribution in [0.4, 0.5) is 0 Å². The smallest absolute Gasteiger partial charge is 0.266 e. The number of aromatic amines is 1. The highest BCUT2D eigenvalue weighted by Gasteiger charge is 2.50. The van der Waals surface area contributed by atoms with E-state index in [0.29, 0.717) is 21.0 Å². The summed E-state index contributed by atoms with van der Waals surface area (Å²) < 4.78 is 0.120. The van der Waals surface area contributed by atoms with Gasteiger partial charge in [0, 0.05) is 28.5 Å². The number of para-hydroxylation sites is 1. The maximum atomic E-state index is 13.3. The summed E-state index contributed by atoms with van der Waals surface area (Å²) in [4.78, 5) is 56.6. The number of H-pyrrole nitrogens is 1. The van der Waals surface area contributed by atoms with Gasteiger partial charge in [-0.15, -0.1) is 0 Å². The van der Waals surface area contributed by atoms with E-state index in [9.17, 15) is 24.3 Å². The molecule has 2 unspecified atom stereocenters. The molecule has 0 bridgehead atoms.